The molecule has 0 radical (unpaired) electrons. The van der Waals surface area contributed by atoms with Crippen molar-refractivity contribution in [3.05, 3.63) is 61.8 Å². The molecule has 2 unspecified atom stereocenters. The lowest BCUT2D eigenvalue weighted by atomic mass is 10.0. The van der Waals surface area contributed by atoms with E-state index in [2.05, 4.69) is 10.4 Å². The minimum absolute atomic E-state index is 0.161. The molecule has 0 saturated heterocycles. The Hall–Kier alpha value is -3.38. The van der Waals surface area contributed by atoms with Gasteiger partial charge in [-0.15, -0.1) is 0 Å². The van der Waals surface area contributed by atoms with Gasteiger partial charge in [0.2, 0.25) is 5.91 Å². The zero-order valence-electron chi connectivity index (χ0n) is 14.2. The third kappa shape index (κ3) is 4.83. The van der Waals surface area contributed by atoms with Gasteiger partial charge in [0.05, 0.1) is 34.4 Å². The highest BCUT2D eigenvalue weighted by Crippen LogP contribution is 2.20. The Balaban J connectivity index is 2.05. The van der Waals surface area contributed by atoms with E-state index in [0.717, 1.165) is 4.68 Å². The molecule has 0 bridgehead atoms. The van der Waals surface area contributed by atoms with Crippen LogP contribution in [0.4, 0.5) is 11.5 Å². The second-order valence-electron chi connectivity index (χ2n) is 5.71. The largest absolute Gasteiger partial charge is 0.394 e. The van der Waals surface area contributed by atoms with Crippen LogP contribution in [0.5, 0.6) is 0 Å². The number of aryl methyl sites for hydroxylation is 1. The maximum atomic E-state index is 12.1. The van der Waals surface area contributed by atoms with Crippen LogP contribution in [0.3, 0.4) is 0 Å². The Kier molecular flexibility index (Phi) is 6.15. The molecule has 1 amide bonds. The molecule has 2 rings (SSSR count). The van der Waals surface area contributed by atoms with Crippen molar-refractivity contribution >= 4 is 17.4 Å². The molecule has 1 aromatic carbocycles. The molecule has 12 nitrogen and oxygen atoms in total. The monoisotopic (exact) mass is 379 g/mol. The van der Waals surface area contributed by atoms with Crippen molar-refractivity contribution in [3.63, 3.8) is 0 Å². The fourth-order valence-electron chi connectivity index (χ4n) is 2.38. The van der Waals surface area contributed by atoms with Gasteiger partial charge in [-0.3, -0.25) is 14.9 Å². The van der Waals surface area contributed by atoms with Gasteiger partial charge in [-0.2, -0.15) is 4.68 Å². The van der Waals surface area contributed by atoms with Crippen LogP contribution in [-0.4, -0.2) is 48.4 Å². The Labute approximate surface area is 152 Å². The molecule has 0 aliphatic carbocycles. The Morgan fingerprint density at radius 3 is 2.37 bits per heavy atom. The number of nitrogens with one attached hydrogen (secondary N) is 1. The van der Waals surface area contributed by atoms with Gasteiger partial charge in [0.15, 0.2) is 0 Å². The number of nitro groups is 2. The predicted molar refractivity (Wildman–Crippen MR) is 90.7 cm³/mol. The molecular weight excluding hydrogens is 362 g/mol. The molecule has 0 aliphatic heterocycles. The minimum Gasteiger partial charge on any atom is -0.394 e. The quantitative estimate of drug-likeness (QED) is 0.431. The number of hydrogen-bond acceptors (Lipinski definition) is 8. The van der Waals surface area contributed by atoms with Crippen LogP contribution in [0.15, 0.2) is 30.3 Å². The summed E-state index contributed by atoms with van der Waals surface area (Å²) in [6, 6.07) is 5.16. The first-order valence-electron chi connectivity index (χ1n) is 7.74. The zero-order chi connectivity index (χ0) is 20.1. The Bertz CT molecular complexity index is 849. The molecule has 0 saturated carbocycles. The zero-order valence-corrected chi connectivity index (χ0v) is 14.2. The first-order chi connectivity index (χ1) is 12.7. The summed E-state index contributed by atoms with van der Waals surface area (Å²) in [5, 5.41) is 47.2. The van der Waals surface area contributed by atoms with Crippen LogP contribution in [0.25, 0.3) is 0 Å². The van der Waals surface area contributed by atoms with E-state index in [1.165, 1.54) is 30.3 Å². The first kappa shape index (κ1) is 19.9. The molecule has 0 fully saturated rings. The molecule has 3 N–H and O–H groups in total. The van der Waals surface area contributed by atoms with Gasteiger partial charge in [-0.25, -0.2) is 0 Å². The van der Waals surface area contributed by atoms with Gasteiger partial charge in [0, 0.05) is 12.1 Å². The summed E-state index contributed by atoms with van der Waals surface area (Å²) < 4.78 is 1.13. The standard InChI is InChI=1S/C15H17N5O7/c1-9-6-13(20(26)27)17-18(9)7-14(22)16-12(8-21)15(23)10-2-4-11(5-3-10)19(24)25/h2-6,12,15,21,23H,7-8H2,1H3,(H,16,22). The predicted octanol–water partition coefficient (Wildman–Crippen LogP) is 0.219. The number of rotatable bonds is 8. The van der Waals surface area contributed by atoms with Crippen molar-refractivity contribution in [2.24, 2.45) is 0 Å². The number of aliphatic hydroxyl groups excluding tert-OH is 2. The number of non-ortho nitro benzene ring substituents is 1. The van der Waals surface area contributed by atoms with Crippen LogP contribution in [0.1, 0.15) is 17.4 Å². The number of aromatic nitrogens is 2. The number of hydrogen-bond donors (Lipinski definition) is 3. The van der Waals surface area contributed by atoms with Gasteiger partial charge in [0.25, 0.3) is 5.69 Å². The third-order valence-electron chi connectivity index (χ3n) is 3.82. The SMILES string of the molecule is Cc1cc([N+](=O)[O-])nn1CC(=O)NC(CO)C(O)c1ccc([N+](=O)[O-])cc1. The summed E-state index contributed by atoms with van der Waals surface area (Å²) in [6.45, 7) is 0.605. The van der Waals surface area contributed by atoms with Gasteiger partial charge < -0.3 is 25.6 Å². The van der Waals surface area contributed by atoms with Crippen molar-refractivity contribution in [1.29, 1.82) is 0 Å². The van der Waals surface area contributed by atoms with Crippen LogP contribution in [0, 0.1) is 27.2 Å². The molecule has 12 heteroatoms. The van der Waals surface area contributed by atoms with Crippen LogP contribution >= 0.6 is 0 Å². The fraction of sp³-hybridized carbons (Fsp3) is 0.333. The first-order valence-corrected chi connectivity index (χ1v) is 7.74. The van der Waals surface area contributed by atoms with Gasteiger partial charge >= 0.3 is 5.82 Å². The summed E-state index contributed by atoms with van der Waals surface area (Å²) in [7, 11) is 0. The van der Waals surface area contributed by atoms with Gasteiger partial charge in [0.1, 0.15) is 12.6 Å². The average Bonchev–Trinajstić information content (AvgIpc) is 3.00. The number of aliphatic hydroxyl groups is 2. The van der Waals surface area contributed by atoms with Crippen molar-refractivity contribution in [2.45, 2.75) is 25.6 Å². The second-order valence-corrected chi connectivity index (χ2v) is 5.71. The van der Waals surface area contributed by atoms with E-state index in [-0.39, 0.29) is 17.8 Å². The number of nitrogens with zero attached hydrogens (tertiary/aromatic N) is 4. The maximum Gasteiger partial charge on any atom is 0.390 e. The van der Waals surface area contributed by atoms with E-state index < -0.39 is 40.3 Å². The molecule has 1 heterocycles. The summed E-state index contributed by atoms with van der Waals surface area (Å²) in [5.41, 5.74) is 0.505. The molecule has 2 aromatic rings. The number of benzene rings is 1. The molecular formula is C15H17N5O7. The molecule has 27 heavy (non-hydrogen) atoms. The highest BCUT2D eigenvalue weighted by atomic mass is 16.6. The molecule has 2 atom stereocenters. The van der Waals surface area contributed by atoms with E-state index in [0.29, 0.717) is 5.69 Å². The summed E-state index contributed by atoms with van der Waals surface area (Å²) in [4.78, 5) is 32.2. The molecule has 1 aromatic heterocycles. The van der Waals surface area contributed by atoms with Gasteiger partial charge in [-0.1, -0.05) is 0 Å². The van der Waals surface area contributed by atoms with Crippen molar-refractivity contribution in [1.82, 2.24) is 15.1 Å². The lowest BCUT2D eigenvalue weighted by molar-refractivity contribution is -0.389. The topological polar surface area (TPSA) is 174 Å². The molecule has 144 valence electrons. The Morgan fingerprint density at radius 2 is 1.89 bits per heavy atom. The summed E-state index contributed by atoms with van der Waals surface area (Å²) >= 11 is 0. The van der Waals surface area contributed by atoms with E-state index in [1.54, 1.807) is 6.92 Å². The fourth-order valence-corrected chi connectivity index (χ4v) is 2.38. The summed E-state index contributed by atoms with van der Waals surface area (Å²) in [6.07, 6.45) is -1.31. The lowest BCUT2D eigenvalue weighted by Crippen LogP contribution is -2.43. The van der Waals surface area contributed by atoms with Crippen LogP contribution in [-0.2, 0) is 11.3 Å². The number of carbonyl (C=O) groups is 1. The summed E-state index contributed by atoms with van der Waals surface area (Å²) in [5.74, 6) is -1.03. The number of nitro benzene ring substituents is 1. The highest BCUT2D eigenvalue weighted by Gasteiger charge is 2.24. The lowest BCUT2D eigenvalue weighted by Gasteiger charge is -2.22. The van der Waals surface area contributed by atoms with E-state index in [1.807, 2.05) is 0 Å². The third-order valence-corrected chi connectivity index (χ3v) is 3.82. The van der Waals surface area contributed by atoms with E-state index >= 15 is 0 Å². The Morgan fingerprint density at radius 1 is 1.26 bits per heavy atom. The van der Waals surface area contributed by atoms with Crippen LogP contribution in [0.2, 0.25) is 0 Å². The van der Waals surface area contributed by atoms with Crippen molar-refractivity contribution < 1.29 is 24.9 Å². The molecule has 0 aliphatic rings. The average molecular weight is 379 g/mol. The smallest absolute Gasteiger partial charge is 0.390 e. The normalized spacial score (nSPS) is 13.0. The van der Waals surface area contributed by atoms with Gasteiger partial charge in [-0.05, 0) is 29.5 Å². The minimum atomic E-state index is -1.31. The maximum absolute atomic E-state index is 12.1. The number of carbonyl (C=O) groups excluding carboxylic acids is 1. The highest BCUT2D eigenvalue weighted by molar-refractivity contribution is 5.76. The number of amides is 1. The second kappa shape index (κ2) is 8.33. The van der Waals surface area contributed by atoms with Crippen LogP contribution < -0.4 is 5.32 Å². The van der Waals surface area contributed by atoms with Crippen molar-refractivity contribution in [2.75, 3.05) is 6.61 Å². The van der Waals surface area contributed by atoms with E-state index in [4.69, 9.17) is 0 Å². The van der Waals surface area contributed by atoms with E-state index in [9.17, 15) is 35.2 Å². The molecule has 0 spiro atoms. The van der Waals surface area contributed by atoms with Crippen molar-refractivity contribution in [3.8, 4) is 0 Å².